The van der Waals surface area contributed by atoms with E-state index in [4.69, 9.17) is 0 Å². The Morgan fingerprint density at radius 1 is 1.24 bits per heavy atom. The fourth-order valence-electron chi connectivity index (χ4n) is 2.38. The third-order valence-corrected chi connectivity index (χ3v) is 3.44. The van der Waals surface area contributed by atoms with Gasteiger partial charge >= 0.3 is 0 Å². The molecule has 1 atom stereocenters. The van der Waals surface area contributed by atoms with E-state index in [9.17, 15) is 4.79 Å². The fraction of sp³-hybridized carbons (Fsp3) is 0.500. The van der Waals surface area contributed by atoms with Crippen molar-refractivity contribution in [2.75, 3.05) is 6.54 Å². The van der Waals surface area contributed by atoms with Crippen LogP contribution in [0.4, 0.5) is 0 Å². The van der Waals surface area contributed by atoms with Gasteiger partial charge in [0.1, 0.15) is 6.04 Å². The van der Waals surface area contributed by atoms with Crippen LogP contribution in [0, 0.1) is 5.92 Å². The number of aromatic nitrogens is 3. The first kappa shape index (κ1) is 15.4. The van der Waals surface area contributed by atoms with Crippen molar-refractivity contribution in [2.45, 2.75) is 39.3 Å². The largest absolute Gasteiger partial charge is 0.354 e. The maximum absolute atomic E-state index is 12.4. The van der Waals surface area contributed by atoms with Crippen LogP contribution in [-0.2, 0) is 11.3 Å². The molecule has 2 heterocycles. The van der Waals surface area contributed by atoms with Gasteiger partial charge in [0.05, 0.1) is 6.33 Å². The predicted molar refractivity (Wildman–Crippen MR) is 82.8 cm³/mol. The smallest absolute Gasteiger partial charge is 0.243 e. The number of hydrogen-bond donors (Lipinski definition) is 1. The SMILES string of the molecule is CC(C)C[C@H](C(=O)NCCCn1ccnc1)n1cccc1. The number of amides is 1. The summed E-state index contributed by atoms with van der Waals surface area (Å²) in [5.41, 5.74) is 0. The van der Waals surface area contributed by atoms with Crippen LogP contribution < -0.4 is 5.32 Å². The van der Waals surface area contributed by atoms with E-state index in [0.717, 1.165) is 19.4 Å². The minimum Gasteiger partial charge on any atom is -0.354 e. The summed E-state index contributed by atoms with van der Waals surface area (Å²) in [7, 11) is 0. The number of carbonyl (C=O) groups excluding carboxylic acids is 1. The average Bonchev–Trinajstić information content (AvgIpc) is 3.13. The van der Waals surface area contributed by atoms with Crippen molar-refractivity contribution in [1.82, 2.24) is 19.4 Å². The highest BCUT2D eigenvalue weighted by atomic mass is 16.2. The van der Waals surface area contributed by atoms with Crippen LogP contribution >= 0.6 is 0 Å². The van der Waals surface area contributed by atoms with E-state index in [0.29, 0.717) is 12.5 Å². The molecule has 5 heteroatoms. The first-order chi connectivity index (χ1) is 10.2. The average molecular weight is 288 g/mol. The lowest BCUT2D eigenvalue weighted by molar-refractivity contribution is -0.124. The highest BCUT2D eigenvalue weighted by molar-refractivity contribution is 5.80. The monoisotopic (exact) mass is 288 g/mol. The van der Waals surface area contributed by atoms with Gasteiger partial charge in [-0.3, -0.25) is 4.79 Å². The molecule has 0 aliphatic rings. The van der Waals surface area contributed by atoms with Crippen LogP contribution in [0.3, 0.4) is 0 Å². The summed E-state index contributed by atoms with van der Waals surface area (Å²) in [5.74, 6) is 0.583. The summed E-state index contributed by atoms with van der Waals surface area (Å²) in [5, 5.41) is 3.05. The summed E-state index contributed by atoms with van der Waals surface area (Å²) in [6.45, 7) is 5.84. The maximum atomic E-state index is 12.4. The van der Waals surface area contributed by atoms with Crippen LogP contribution in [0.15, 0.2) is 43.2 Å². The molecule has 0 fully saturated rings. The normalized spacial score (nSPS) is 12.5. The molecule has 2 aromatic rings. The minimum atomic E-state index is -0.117. The lowest BCUT2D eigenvalue weighted by Crippen LogP contribution is -2.33. The Kier molecular flexibility index (Phi) is 5.60. The molecule has 1 N–H and O–H groups in total. The molecule has 0 spiro atoms. The van der Waals surface area contributed by atoms with E-state index in [2.05, 4.69) is 24.1 Å². The molecule has 0 saturated heterocycles. The zero-order valence-corrected chi connectivity index (χ0v) is 12.8. The third kappa shape index (κ3) is 4.77. The molecule has 0 aliphatic carbocycles. The van der Waals surface area contributed by atoms with Gasteiger partial charge in [-0.1, -0.05) is 13.8 Å². The molecule has 2 aromatic heterocycles. The Balaban J connectivity index is 1.81. The number of rotatable bonds is 8. The fourth-order valence-corrected chi connectivity index (χ4v) is 2.38. The Bertz CT molecular complexity index is 516. The molecule has 0 unspecified atom stereocenters. The van der Waals surface area contributed by atoms with Crippen LogP contribution in [-0.4, -0.2) is 26.6 Å². The first-order valence-corrected chi connectivity index (χ1v) is 7.52. The molecule has 114 valence electrons. The van der Waals surface area contributed by atoms with Crippen molar-refractivity contribution in [3.8, 4) is 0 Å². The second-order valence-corrected chi connectivity index (χ2v) is 5.72. The van der Waals surface area contributed by atoms with Crippen molar-refractivity contribution in [3.05, 3.63) is 43.2 Å². The molecule has 0 bridgehead atoms. The molecule has 21 heavy (non-hydrogen) atoms. The van der Waals surface area contributed by atoms with Crippen LogP contribution in [0.5, 0.6) is 0 Å². The molecule has 0 saturated carbocycles. The van der Waals surface area contributed by atoms with Crippen LogP contribution in [0.25, 0.3) is 0 Å². The molecule has 0 aliphatic heterocycles. The van der Waals surface area contributed by atoms with E-state index in [-0.39, 0.29) is 11.9 Å². The zero-order valence-electron chi connectivity index (χ0n) is 12.8. The Morgan fingerprint density at radius 2 is 2.00 bits per heavy atom. The quantitative estimate of drug-likeness (QED) is 0.759. The van der Waals surface area contributed by atoms with Gasteiger partial charge in [0.25, 0.3) is 0 Å². The second-order valence-electron chi connectivity index (χ2n) is 5.72. The van der Waals surface area contributed by atoms with Gasteiger partial charge in [-0.15, -0.1) is 0 Å². The lowest BCUT2D eigenvalue weighted by atomic mass is 10.0. The number of nitrogens with one attached hydrogen (secondary N) is 1. The number of aryl methyl sites for hydroxylation is 1. The highest BCUT2D eigenvalue weighted by Gasteiger charge is 2.20. The Labute approximate surface area is 126 Å². The molecule has 0 aromatic carbocycles. The topological polar surface area (TPSA) is 51.9 Å². The summed E-state index contributed by atoms with van der Waals surface area (Å²) >= 11 is 0. The van der Waals surface area contributed by atoms with Crippen LogP contribution in [0.1, 0.15) is 32.7 Å². The first-order valence-electron chi connectivity index (χ1n) is 7.52. The van der Waals surface area contributed by atoms with E-state index < -0.39 is 0 Å². The predicted octanol–water partition coefficient (Wildman–Crippen LogP) is 2.48. The van der Waals surface area contributed by atoms with Crippen molar-refractivity contribution in [1.29, 1.82) is 0 Å². The van der Waals surface area contributed by atoms with Crippen molar-refractivity contribution < 1.29 is 4.79 Å². The van der Waals surface area contributed by atoms with Gasteiger partial charge in [-0.25, -0.2) is 4.98 Å². The maximum Gasteiger partial charge on any atom is 0.243 e. The van der Waals surface area contributed by atoms with Gasteiger partial charge < -0.3 is 14.5 Å². The number of carbonyl (C=O) groups is 1. The van der Waals surface area contributed by atoms with Gasteiger partial charge in [-0.2, -0.15) is 0 Å². The van der Waals surface area contributed by atoms with E-state index >= 15 is 0 Å². The van der Waals surface area contributed by atoms with Crippen molar-refractivity contribution >= 4 is 5.91 Å². The third-order valence-electron chi connectivity index (χ3n) is 3.44. The number of imidazole rings is 1. The van der Waals surface area contributed by atoms with Gasteiger partial charge in [0, 0.05) is 37.9 Å². The summed E-state index contributed by atoms with van der Waals surface area (Å²) in [6, 6.07) is 3.80. The summed E-state index contributed by atoms with van der Waals surface area (Å²) < 4.78 is 4.01. The standard InChI is InChI=1S/C16H24N4O/c1-14(2)12-15(20-9-3-4-10-20)16(21)18-6-5-8-19-11-7-17-13-19/h3-4,7,9-11,13-15H,5-6,8,12H2,1-2H3,(H,18,21)/t15-/m1/s1. The molecular formula is C16H24N4O. The van der Waals surface area contributed by atoms with Gasteiger partial charge in [-0.05, 0) is 30.9 Å². The lowest BCUT2D eigenvalue weighted by Gasteiger charge is -2.20. The number of nitrogens with zero attached hydrogens (tertiary/aromatic N) is 3. The summed E-state index contributed by atoms with van der Waals surface area (Å²) in [4.78, 5) is 16.4. The molecule has 2 rings (SSSR count). The van der Waals surface area contributed by atoms with Crippen molar-refractivity contribution in [3.63, 3.8) is 0 Å². The highest BCUT2D eigenvalue weighted by Crippen LogP contribution is 2.18. The number of hydrogen-bond acceptors (Lipinski definition) is 2. The molecule has 0 radical (unpaired) electrons. The molecule has 5 nitrogen and oxygen atoms in total. The van der Waals surface area contributed by atoms with E-state index in [1.54, 1.807) is 12.5 Å². The van der Waals surface area contributed by atoms with E-state index in [1.807, 2.05) is 39.9 Å². The van der Waals surface area contributed by atoms with Gasteiger partial charge in [0.2, 0.25) is 5.91 Å². The second kappa shape index (κ2) is 7.67. The van der Waals surface area contributed by atoms with Crippen molar-refractivity contribution in [2.24, 2.45) is 5.92 Å². The van der Waals surface area contributed by atoms with Crippen LogP contribution in [0.2, 0.25) is 0 Å². The van der Waals surface area contributed by atoms with E-state index in [1.165, 1.54) is 0 Å². The Morgan fingerprint density at radius 3 is 2.62 bits per heavy atom. The molecule has 1 amide bonds. The summed E-state index contributed by atoms with van der Waals surface area (Å²) in [6.07, 6.45) is 11.2. The minimum absolute atomic E-state index is 0.102. The van der Waals surface area contributed by atoms with Gasteiger partial charge in [0.15, 0.2) is 0 Å². The molecular weight excluding hydrogens is 264 g/mol. The zero-order chi connectivity index (χ0) is 15.1. The Hall–Kier alpha value is -2.04.